The van der Waals surface area contributed by atoms with Crippen molar-refractivity contribution < 1.29 is 4.74 Å². The minimum absolute atomic E-state index is 0. The van der Waals surface area contributed by atoms with Gasteiger partial charge in [0.05, 0.1) is 25.2 Å². The Morgan fingerprint density at radius 1 is 1.27 bits per heavy atom. The first kappa shape index (κ1) is 23.6. The van der Waals surface area contributed by atoms with Gasteiger partial charge in [0.25, 0.3) is 0 Å². The van der Waals surface area contributed by atoms with Gasteiger partial charge in [-0.25, -0.2) is 9.97 Å². The summed E-state index contributed by atoms with van der Waals surface area (Å²) in [7, 11) is 5.57. The smallest absolute Gasteiger partial charge is 0.194 e. The molecule has 0 aliphatic heterocycles. The van der Waals surface area contributed by atoms with Crippen molar-refractivity contribution in [3.8, 4) is 5.75 Å². The Bertz CT molecular complexity index is 974. The number of nitrogens with one attached hydrogen (secondary N) is 2. The van der Waals surface area contributed by atoms with Crippen molar-refractivity contribution in [2.45, 2.75) is 13.5 Å². The van der Waals surface area contributed by atoms with E-state index in [1.54, 1.807) is 24.3 Å². The van der Waals surface area contributed by atoms with E-state index in [1.807, 2.05) is 32.3 Å². The minimum Gasteiger partial charge on any atom is -0.496 e. The number of benzene rings is 1. The van der Waals surface area contributed by atoms with Gasteiger partial charge in [0, 0.05) is 39.3 Å². The number of guanidine groups is 1. The molecule has 0 amide bonds. The number of rotatable bonds is 8. The number of aryl methyl sites for hydroxylation is 1. The van der Waals surface area contributed by atoms with Crippen LogP contribution >= 0.6 is 24.0 Å². The molecule has 0 aliphatic carbocycles. The summed E-state index contributed by atoms with van der Waals surface area (Å²) in [6.45, 7) is 4.81. The average molecular weight is 524 g/mol. The molecule has 0 atom stereocenters. The molecular formula is C20H29IN8O. The quantitative estimate of drug-likeness (QED) is 0.203. The van der Waals surface area contributed by atoms with Crippen LogP contribution in [0.15, 0.2) is 41.8 Å². The number of halogens is 1. The third kappa shape index (κ3) is 5.71. The maximum atomic E-state index is 5.45. The summed E-state index contributed by atoms with van der Waals surface area (Å²) < 4.78 is 7.19. The molecule has 0 fully saturated rings. The van der Waals surface area contributed by atoms with Gasteiger partial charge in [0.2, 0.25) is 0 Å². The molecule has 1 aromatic carbocycles. The van der Waals surface area contributed by atoms with Gasteiger partial charge in [-0.1, -0.05) is 18.2 Å². The van der Waals surface area contributed by atoms with E-state index in [4.69, 9.17) is 9.73 Å². The number of hydrogen-bond donors (Lipinski definition) is 2. The number of methoxy groups -OCH3 is 1. The second-order valence-electron chi connectivity index (χ2n) is 6.56. The summed E-state index contributed by atoms with van der Waals surface area (Å²) in [4.78, 5) is 15.4. The number of para-hydroxylation sites is 1. The second-order valence-corrected chi connectivity index (χ2v) is 6.56. The normalized spacial score (nSPS) is 11.1. The summed E-state index contributed by atoms with van der Waals surface area (Å²) in [5.41, 5.74) is 1.91. The third-order valence-corrected chi connectivity index (χ3v) is 4.49. The van der Waals surface area contributed by atoms with Crippen molar-refractivity contribution in [3.05, 3.63) is 42.4 Å². The lowest BCUT2D eigenvalue weighted by molar-refractivity contribution is 0.396. The number of fused-ring (bicyclic) bond motifs is 1. The molecule has 0 unspecified atom stereocenters. The fourth-order valence-corrected chi connectivity index (χ4v) is 3.07. The summed E-state index contributed by atoms with van der Waals surface area (Å²) in [5, 5.41) is 11.8. The molecule has 2 heterocycles. The van der Waals surface area contributed by atoms with Crippen LogP contribution in [0, 0.1) is 0 Å². The average Bonchev–Trinajstić information content (AvgIpc) is 3.12. The second kappa shape index (κ2) is 11.5. The first-order chi connectivity index (χ1) is 14.1. The largest absolute Gasteiger partial charge is 0.496 e. The number of nitrogens with zero attached hydrogens (tertiary/aromatic N) is 6. The van der Waals surface area contributed by atoms with Crippen LogP contribution in [0.1, 0.15) is 12.5 Å². The molecule has 0 spiro atoms. The van der Waals surface area contributed by atoms with E-state index in [9.17, 15) is 0 Å². The van der Waals surface area contributed by atoms with Crippen LogP contribution in [0.25, 0.3) is 11.0 Å². The first-order valence-corrected chi connectivity index (χ1v) is 9.62. The van der Waals surface area contributed by atoms with E-state index in [0.717, 1.165) is 40.7 Å². The van der Waals surface area contributed by atoms with Crippen molar-refractivity contribution in [2.75, 3.05) is 39.1 Å². The summed E-state index contributed by atoms with van der Waals surface area (Å²) >= 11 is 0. The van der Waals surface area contributed by atoms with Crippen LogP contribution in [-0.2, 0) is 13.6 Å². The lowest BCUT2D eigenvalue weighted by atomic mass is 10.2. The highest BCUT2D eigenvalue weighted by Crippen LogP contribution is 2.19. The Morgan fingerprint density at radius 2 is 2.07 bits per heavy atom. The SMILES string of the molecule is CCNC(=NCCNc1ncnc2c1cnn2C)N(C)Cc1ccccc1OC.I. The van der Waals surface area contributed by atoms with E-state index in [-0.39, 0.29) is 24.0 Å². The molecule has 0 aliphatic rings. The highest BCUT2D eigenvalue weighted by Gasteiger charge is 2.10. The van der Waals surface area contributed by atoms with Gasteiger partial charge in [0.15, 0.2) is 11.6 Å². The Morgan fingerprint density at radius 3 is 2.83 bits per heavy atom. The highest BCUT2D eigenvalue weighted by atomic mass is 127. The molecule has 0 radical (unpaired) electrons. The molecule has 0 saturated carbocycles. The fraction of sp³-hybridized carbons (Fsp3) is 0.400. The summed E-state index contributed by atoms with van der Waals surface area (Å²) in [6.07, 6.45) is 3.31. The Hall–Kier alpha value is -2.63. The molecule has 0 saturated heterocycles. The molecule has 3 rings (SSSR count). The topological polar surface area (TPSA) is 92.5 Å². The summed E-state index contributed by atoms with van der Waals surface area (Å²) in [5.74, 6) is 2.49. The van der Waals surface area contributed by atoms with E-state index in [0.29, 0.717) is 19.6 Å². The van der Waals surface area contributed by atoms with Crippen LogP contribution in [0.2, 0.25) is 0 Å². The lowest BCUT2D eigenvalue weighted by Crippen LogP contribution is -2.38. The zero-order valence-electron chi connectivity index (χ0n) is 17.8. The molecule has 0 bridgehead atoms. The minimum atomic E-state index is 0. The standard InChI is InChI=1S/C20H28N8O.HI/c1-5-21-20(27(2)13-15-8-6-7-9-17(15)29-4)23-11-10-22-18-16-12-26-28(3)19(16)25-14-24-18;/h6-9,12,14H,5,10-11,13H2,1-4H3,(H,21,23)(H,22,24,25);1H. The third-order valence-electron chi connectivity index (χ3n) is 4.49. The van der Waals surface area contributed by atoms with Crippen LogP contribution in [0.3, 0.4) is 0 Å². The van der Waals surface area contributed by atoms with Crippen molar-refractivity contribution in [1.82, 2.24) is 30.0 Å². The number of anilines is 1. The van der Waals surface area contributed by atoms with E-state index in [1.165, 1.54) is 0 Å². The van der Waals surface area contributed by atoms with E-state index >= 15 is 0 Å². The first-order valence-electron chi connectivity index (χ1n) is 9.62. The monoisotopic (exact) mass is 524 g/mol. The van der Waals surface area contributed by atoms with Crippen LogP contribution in [0.4, 0.5) is 5.82 Å². The summed E-state index contributed by atoms with van der Waals surface area (Å²) in [6, 6.07) is 8.02. The fourth-order valence-electron chi connectivity index (χ4n) is 3.07. The van der Waals surface area contributed by atoms with Gasteiger partial charge in [-0.2, -0.15) is 5.10 Å². The van der Waals surface area contributed by atoms with E-state index in [2.05, 4.69) is 43.6 Å². The van der Waals surface area contributed by atoms with Gasteiger partial charge < -0.3 is 20.3 Å². The van der Waals surface area contributed by atoms with Gasteiger partial charge in [-0.3, -0.25) is 9.67 Å². The van der Waals surface area contributed by atoms with Gasteiger partial charge >= 0.3 is 0 Å². The maximum absolute atomic E-state index is 5.45. The van der Waals surface area contributed by atoms with Crippen molar-refractivity contribution in [2.24, 2.45) is 12.0 Å². The molecule has 30 heavy (non-hydrogen) atoms. The molecule has 2 N–H and O–H groups in total. The zero-order valence-corrected chi connectivity index (χ0v) is 20.1. The van der Waals surface area contributed by atoms with Crippen molar-refractivity contribution in [1.29, 1.82) is 0 Å². The number of aromatic nitrogens is 4. The molecule has 3 aromatic rings. The number of ether oxygens (including phenoxy) is 1. The maximum Gasteiger partial charge on any atom is 0.194 e. The highest BCUT2D eigenvalue weighted by molar-refractivity contribution is 14.0. The molecule has 10 heteroatoms. The Kier molecular flexibility index (Phi) is 9.09. The zero-order chi connectivity index (χ0) is 20.6. The predicted octanol–water partition coefficient (Wildman–Crippen LogP) is 2.50. The van der Waals surface area contributed by atoms with Gasteiger partial charge in [-0.05, 0) is 13.0 Å². The van der Waals surface area contributed by atoms with Crippen LogP contribution in [0.5, 0.6) is 5.75 Å². The van der Waals surface area contributed by atoms with Gasteiger partial charge in [-0.15, -0.1) is 24.0 Å². The molecular weight excluding hydrogens is 495 g/mol. The van der Waals surface area contributed by atoms with Crippen LogP contribution in [-0.4, -0.2) is 64.4 Å². The Balaban J connectivity index is 0.00000320. The van der Waals surface area contributed by atoms with Crippen molar-refractivity contribution in [3.63, 3.8) is 0 Å². The molecule has 9 nitrogen and oxygen atoms in total. The van der Waals surface area contributed by atoms with Crippen LogP contribution < -0.4 is 15.4 Å². The number of hydrogen-bond acceptors (Lipinski definition) is 6. The Labute approximate surface area is 194 Å². The number of aliphatic imine (C=N–C) groups is 1. The van der Waals surface area contributed by atoms with Gasteiger partial charge in [0.1, 0.15) is 17.9 Å². The molecule has 162 valence electrons. The molecule has 2 aromatic heterocycles. The van der Waals surface area contributed by atoms with E-state index < -0.39 is 0 Å². The predicted molar refractivity (Wildman–Crippen MR) is 131 cm³/mol. The van der Waals surface area contributed by atoms with Crippen molar-refractivity contribution >= 4 is 46.8 Å². The lowest BCUT2D eigenvalue weighted by Gasteiger charge is -2.23.